The molecule has 0 radical (unpaired) electrons. The molecule has 0 amide bonds. The highest BCUT2D eigenvalue weighted by Crippen LogP contribution is 2.32. The lowest BCUT2D eigenvalue weighted by molar-refractivity contribution is 0.403. The maximum atomic E-state index is 6.57. The predicted octanol–water partition coefficient (Wildman–Crippen LogP) is 6.89. The Morgan fingerprint density at radius 2 is 1.51 bits per heavy atom. The van der Waals surface area contributed by atoms with Gasteiger partial charge in [-0.1, -0.05) is 54.4 Å². The Balaban J connectivity index is 0.000000164. The zero-order valence-electron chi connectivity index (χ0n) is 29.0. The Labute approximate surface area is 315 Å². The summed E-state index contributed by atoms with van der Waals surface area (Å²) in [5.41, 5.74) is 23.9. The molecule has 8 rings (SSSR count). The lowest BCUT2D eigenvalue weighted by Gasteiger charge is -2.33. The van der Waals surface area contributed by atoms with Gasteiger partial charge >= 0.3 is 0 Å². The van der Waals surface area contributed by atoms with Gasteiger partial charge in [0, 0.05) is 34.8 Å². The number of nitrogens with zero attached hydrogens (tertiary/aromatic N) is 7. The van der Waals surface area contributed by atoms with E-state index in [0.29, 0.717) is 50.6 Å². The van der Waals surface area contributed by atoms with Crippen molar-refractivity contribution < 1.29 is 4.74 Å². The van der Waals surface area contributed by atoms with Crippen LogP contribution in [0.15, 0.2) is 108 Å². The van der Waals surface area contributed by atoms with Crippen molar-refractivity contribution in [1.29, 1.82) is 0 Å². The van der Waals surface area contributed by atoms with Crippen molar-refractivity contribution in [2.75, 3.05) is 18.2 Å². The first kappa shape index (κ1) is 35.3. The predicted molar refractivity (Wildman–Crippen MR) is 213 cm³/mol. The molecule has 15 heteroatoms. The first-order valence-corrected chi connectivity index (χ1v) is 17.4. The van der Waals surface area contributed by atoms with Crippen molar-refractivity contribution in [3.8, 4) is 11.6 Å². The van der Waals surface area contributed by atoms with Crippen LogP contribution in [0.1, 0.15) is 24.1 Å². The van der Waals surface area contributed by atoms with Crippen LogP contribution in [0, 0.1) is 6.92 Å². The zero-order valence-corrected chi connectivity index (χ0v) is 30.6. The van der Waals surface area contributed by atoms with E-state index in [-0.39, 0.29) is 0 Å². The number of hydrogen-bond acceptors (Lipinski definition) is 11. The van der Waals surface area contributed by atoms with Gasteiger partial charge < -0.3 is 26.8 Å². The number of benzene rings is 4. The second-order valence-electron chi connectivity index (χ2n) is 12.1. The molecule has 4 aromatic carbocycles. The summed E-state index contributed by atoms with van der Waals surface area (Å²) < 4.78 is 9.18. The van der Waals surface area contributed by atoms with Crippen LogP contribution >= 0.6 is 23.2 Å². The van der Waals surface area contributed by atoms with Crippen LogP contribution in [0.3, 0.4) is 0 Å². The van der Waals surface area contributed by atoms with Crippen molar-refractivity contribution in [3.05, 3.63) is 130 Å². The average Bonchev–Trinajstić information content (AvgIpc) is 3.69. The Morgan fingerprint density at radius 1 is 0.830 bits per heavy atom. The number of rotatable bonds is 7. The third-order valence-corrected chi connectivity index (χ3v) is 9.03. The molecule has 268 valence electrons. The van der Waals surface area contributed by atoms with Crippen molar-refractivity contribution in [3.63, 3.8) is 0 Å². The molecular weight excluding hydrogens is 711 g/mol. The molecule has 0 saturated carbocycles. The highest BCUT2D eigenvalue weighted by atomic mass is 35.5. The van der Waals surface area contributed by atoms with Gasteiger partial charge in [0.25, 0.3) is 0 Å². The molecular formula is C38H36Cl2N12O. The van der Waals surface area contributed by atoms with E-state index in [1.165, 1.54) is 0 Å². The quantitative estimate of drug-likeness (QED) is 0.115. The molecule has 0 bridgehead atoms. The standard InChI is InChI=1S/C19H19ClN6O.C19H17ClN6/c1-11-23-14-5-3-4-6-15(14)26(11)18-10-17(21)24-19(22,25-18)12-7-8-16(27-2)13(20)9-12;1-2-17-23-14-5-3-4-6-15(14)26(17)18-11-16(21)24-19(25-18)22-13-9-7-12(20)8-10-13/h3-10,25H,22H2,1-2H3,(H2,21,24);3-11H,2H2,1H3,(H3,21,22,24,25). The number of nitrogens with two attached hydrogens (primary N) is 3. The molecule has 0 aliphatic carbocycles. The molecule has 4 heterocycles. The van der Waals surface area contributed by atoms with Gasteiger partial charge in [0.05, 0.1) is 34.2 Å². The smallest absolute Gasteiger partial charge is 0.231 e. The Kier molecular flexibility index (Phi) is 9.62. The molecule has 1 aliphatic heterocycles. The summed E-state index contributed by atoms with van der Waals surface area (Å²) in [6, 6.07) is 30.2. The molecule has 8 N–H and O–H groups in total. The molecule has 3 aromatic heterocycles. The van der Waals surface area contributed by atoms with Crippen molar-refractivity contribution in [2.24, 2.45) is 16.5 Å². The molecule has 1 aliphatic rings. The minimum absolute atomic E-state index is 0.301. The number of fused-ring (bicyclic) bond motifs is 2. The maximum Gasteiger partial charge on any atom is 0.231 e. The number of aryl methyl sites for hydroxylation is 2. The fourth-order valence-corrected chi connectivity index (χ4v) is 6.48. The highest BCUT2D eigenvalue weighted by Gasteiger charge is 2.32. The normalized spacial score (nSPS) is 15.3. The van der Waals surface area contributed by atoms with Crippen LogP contribution in [0.4, 0.5) is 17.5 Å². The van der Waals surface area contributed by atoms with E-state index in [2.05, 4.69) is 42.5 Å². The van der Waals surface area contributed by atoms with E-state index in [0.717, 1.165) is 45.8 Å². The number of aliphatic imine (C=N–C) groups is 1. The lowest BCUT2D eigenvalue weighted by atomic mass is 10.1. The SMILES string of the molecule is CCc1nc2ccccc2n1-c1cc(N)nc(Nc2ccc(Cl)cc2)n1.COc1ccc(C2(N)N=C(N)C=C(n3c(C)nc4ccccc43)N2)cc1Cl. The number of anilines is 3. The lowest BCUT2D eigenvalue weighted by Crippen LogP contribution is -2.52. The molecule has 0 spiro atoms. The summed E-state index contributed by atoms with van der Waals surface area (Å²) >= 11 is 12.2. The number of aromatic nitrogens is 6. The fraction of sp³-hybridized carbons (Fsp3) is 0.132. The summed E-state index contributed by atoms with van der Waals surface area (Å²) in [5, 5.41) is 7.55. The minimum atomic E-state index is -1.28. The van der Waals surface area contributed by atoms with Gasteiger partial charge in [0.2, 0.25) is 11.7 Å². The van der Waals surface area contributed by atoms with Gasteiger partial charge in [-0.3, -0.25) is 14.9 Å². The minimum Gasteiger partial charge on any atom is -0.495 e. The number of hydrogen-bond donors (Lipinski definition) is 5. The number of methoxy groups -OCH3 is 1. The topological polar surface area (TPSA) is 185 Å². The molecule has 0 saturated heterocycles. The summed E-state index contributed by atoms with van der Waals surface area (Å²) in [6.07, 6.45) is 2.51. The van der Waals surface area contributed by atoms with E-state index in [1.54, 1.807) is 49.6 Å². The van der Waals surface area contributed by atoms with Crippen molar-refractivity contribution in [2.45, 2.75) is 26.1 Å². The largest absolute Gasteiger partial charge is 0.495 e. The Hall–Kier alpha value is -6.15. The summed E-state index contributed by atoms with van der Waals surface area (Å²) in [4.78, 5) is 22.6. The number of halogens is 2. The number of imidazole rings is 2. The molecule has 7 aromatic rings. The van der Waals surface area contributed by atoms with Gasteiger partial charge in [-0.25, -0.2) is 15.0 Å². The molecule has 53 heavy (non-hydrogen) atoms. The summed E-state index contributed by atoms with van der Waals surface area (Å²) in [5.74, 6) is 3.47. The van der Waals surface area contributed by atoms with Crippen LogP contribution in [-0.2, 0) is 12.2 Å². The van der Waals surface area contributed by atoms with E-state index >= 15 is 0 Å². The third kappa shape index (κ3) is 7.17. The number of amidine groups is 1. The van der Waals surface area contributed by atoms with Gasteiger partial charge in [-0.2, -0.15) is 9.97 Å². The average molecular weight is 748 g/mol. The van der Waals surface area contributed by atoms with Crippen LogP contribution in [0.25, 0.3) is 33.7 Å². The van der Waals surface area contributed by atoms with Crippen LogP contribution < -0.4 is 32.6 Å². The van der Waals surface area contributed by atoms with Crippen LogP contribution in [0.5, 0.6) is 5.75 Å². The van der Waals surface area contributed by atoms with Gasteiger partial charge in [-0.15, -0.1) is 0 Å². The van der Waals surface area contributed by atoms with Crippen LogP contribution in [-0.4, -0.2) is 42.0 Å². The number of nitrogen functional groups attached to an aromatic ring is 1. The second kappa shape index (κ2) is 14.5. The van der Waals surface area contributed by atoms with E-state index in [1.807, 2.05) is 76.7 Å². The molecule has 1 atom stereocenters. The van der Waals surface area contributed by atoms with Gasteiger partial charge in [0.1, 0.15) is 40.7 Å². The van der Waals surface area contributed by atoms with Gasteiger partial charge in [0.15, 0.2) is 0 Å². The fourth-order valence-electron chi connectivity index (χ4n) is 6.10. The van der Waals surface area contributed by atoms with E-state index in [4.69, 9.17) is 45.1 Å². The Morgan fingerprint density at radius 3 is 2.19 bits per heavy atom. The third-order valence-electron chi connectivity index (χ3n) is 8.48. The second-order valence-corrected chi connectivity index (χ2v) is 12.9. The Bertz CT molecular complexity index is 2530. The van der Waals surface area contributed by atoms with E-state index < -0.39 is 5.79 Å². The maximum absolute atomic E-state index is 6.57. The molecule has 0 fully saturated rings. The summed E-state index contributed by atoms with van der Waals surface area (Å²) in [6.45, 7) is 3.99. The number of para-hydroxylation sites is 4. The molecule has 13 nitrogen and oxygen atoms in total. The first-order valence-electron chi connectivity index (χ1n) is 16.6. The first-order chi connectivity index (χ1) is 25.5. The number of ether oxygens (including phenoxy) is 1. The van der Waals surface area contributed by atoms with Crippen LogP contribution in [0.2, 0.25) is 10.0 Å². The highest BCUT2D eigenvalue weighted by molar-refractivity contribution is 6.32. The van der Waals surface area contributed by atoms with Crippen molar-refractivity contribution >= 4 is 74.4 Å². The number of nitrogens with one attached hydrogen (secondary N) is 2. The zero-order chi connectivity index (χ0) is 37.3. The van der Waals surface area contributed by atoms with E-state index in [9.17, 15) is 0 Å². The van der Waals surface area contributed by atoms with Crippen molar-refractivity contribution in [1.82, 2.24) is 34.4 Å². The van der Waals surface area contributed by atoms with Gasteiger partial charge in [-0.05, 0) is 73.7 Å². The summed E-state index contributed by atoms with van der Waals surface area (Å²) in [7, 11) is 1.56. The monoisotopic (exact) mass is 746 g/mol. The molecule has 1 unspecified atom stereocenters.